The van der Waals surface area contributed by atoms with Gasteiger partial charge in [0.25, 0.3) is 0 Å². The number of hydrogen-bond acceptors (Lipinski definition) is 3. The number of rotatable bonds is 0. The summed E-state index contributed by atoms with van der Waals surface area (Å²) in [5.74, 6) is 0. The number of nitrogens with zero attached hydrogens (tertiary/aromatic N) is 2. The second-order valence-corrected chi connectivity index (χ2v) is 3.60. The zero-order chi connectivity index (χ0) is 11.1. The normalized spacial score (nSPS) is 13.2. The predicted molar refractivity (Wildman–Crippen MR) is 63.9 cm³/mol. The third-order valence-corrected chi connectivity index (χ3v) is 2.48. The Kier molecular flexibility index (Phi) is 4.02. The molecule has 1 aromatic carbocycles. The summed E-state index contributed by atoms with van der Waals surface area (Å²) < 4.78 is 0. The molecule has 1 aromatic heterocycles. The minimum atomic E-state index is 1.05. The van der Waals surface area contributed by atoms with Gasteiger partial charge in [-0.2, -0.15) is 0 Å². The summed E-state index contributed by atoms with van der Waals surface area (Å²) in [6, 6.07) is 10.4. The lowest BCUT2D eigenvalue weighted by Gasteiger charge is -2.15. The quantitative estimate of drug-likeness (QED) is 0.725. The molecule has 1 aliphatic rings. The molecule has 0 bridgehead atoms. The van der Waals surface area contributed by atoms with E-state index in [1.54, 1.807) is 18.5 Å². The molecular formula is C13H15N3. The van der Waals surface area contributed by atoms with Gasteiger partial charge < -0.3 is 5.32 Å². The summed E-state index contributed by atoms with van der Waals surface area (Å²) >= 11 is 0. The minimum absolute atomic E-state index is 1.05. The molecule has 0 amide bonds. The highest BCUT2D eigenvalue weighted by Gasteiger charge is 2.05. The van der Waals surface area contributed by atoms with Crippen molar-refractivity contribution < 1.29 is 0 Å². The van der Waals surface area contributed by atoms with Crippen LogP contribution in [0, 0.1) is 0 Å². The molecule has 0 radical (unpaired) electrons. The van der Waals surface area contributed by atoms with Crippen molar-refractivity contribution >= 4 is 0 Å². The van der Waals surface area contributed by atoms with Crippen molar-refractivity contribution in [2.75, 3.05) is 6.54 Å². The molecule has 1 aliphatic heterocycles. The third kappa shape index (κ3) is 3.14. The molecule has 0 unspecified atom stereocenters. The molecule has 3 heteroatoms. The summed E-state index contributed by atoms with van der Waals surface area (Å²) in [5, 5.41) is 3.34. The number of aromatic nitrogens is 2. The van der Waals surface area contributed by atoms with Crippen LogP contribution in [0.2, 0.25) is 0 Å². The van der Waals surface area contributed by atoms with Crippen LogP contribution < -0.4 is 5.32 Å². The van der Waals surface area contributed by atoms with Crippen LogP contribution in [0.3, 0.4) is 0 Å². The van der Waals surface area contributed by atoms with E-state index in [2.05, 4.69) is 39.6 Å². The van der Waals surface area contributed by atoms with Gasteiger partial charge in [0.15, 0.2) is 0 Å². The smallest absolute Gasteiger partial charge is 0.115 e. The van der Waals surface area contributed by atoms with Gasteiger partial charge in [0.1, 0.15) is 6.33 Å². The van der Waals surface area contributed by atoms with Gasteiger partial charge in [-0.3, -0.25) is 0 Å². The molecule has 3 nitrogen and oxygen atoms in total. The lowest BCUT2D eigenvalue weighted by molar-refractivity contribution is 0.644. The maximum atomic E-state index is 3.67. The van der Waals surface area contributed by atoms with Crippen LogP contribution in [0.15, 0.2) is 49.1 Å². The third-order valence-electron chi connectivity index (χ3n) is 2.48. The highest BCUT2D eigenvalue weighted by molar-refractivity contribution is 5.28. The minimum Gasteiger partial charge on any atom is -0.312 e. The molecule has 0 saturated heterocycles. The molecule has 3 rings (SSSR count). The van der Waals surface area contributed by atoms with Crippen LogP contribution >= 0.6 is 0 Å². The topological polar surface area (TPSA) is 37.8 Å². The van der Waals surface area contributed by atoms with E-state index in [1.807, 2.05) is 0 Å². The fourth-order valence-corrected chi connectivity index (χ4v) is 1.67. The Morgan fingerprint density at radius 3 is 2.25 bits per heavy atom. The van der Waals surface area contributed by atoms with Gasteiger partial charge in [0.05, 0.1) is 0 Å². The Morgan fingerprint density at radius 2 is 1.69 bits per heavy atom. The van der Waals surface area contributed by atoms with Gasteiger partial charge in [-0.1, -0.05) is 24.3 Å². The van der Waals surface area contributed by atoms with E-state index in [4.69, 9.17) is 0 Å². The number of hydrogen-bond donors (Lipinski definition) is 1. The molecule has 16 heavy (non-hydrogen) atoms. The van der Waals surface area contributed by atoms with E-state index < -0.39 is 0 Å². The van der Waals surface area contributed by atoms with Gasteiger partial charge >= 0.3 is 0 Å². The van der Waals surface area contributed by atoms with Crippen molar-refractivity contribution in [3.05, 3.63) is 60.2 Å². The second kappa shape index (κ2) is 5.98. The Morgan fingerprint density at radius 1 is 0.938 bits per heavy atom. The van der Waals surface area contributed by atoms with Crippen molar-refractivity contribution in [2.45, 2.75) is 13.0 Å². The molecular weight excluding hydrogens is 198 g/mol. The van der Waals surface area contributed by atoms with Crippen LogP contribution in [-0.2, 0) is 13.0 Å². The number of fused-ring (bicyclic) bond motifs is 1. The number of nitrogens with one attached hydrogen (secondary N) is 1. The average molecular weight is 213 g/mol. The van der Waals surface area contributed by atoms with Crippen molar-refractivity contribution in [3.8, 4) is 0 Å². The Balaban J connectivity index is 0.000000138. The molecule has 2 aromatic rings. The predicted octanol–water partition coefficient (Wildman–Crippen LogP) is 1.81. The van der Waals surface area contributed by atoms with Crippen molar-refractivity contribution in [1.29, 1.82) is 0 Å². The van der Waals surface area contributed by atoms with Crippen LogP contribution in [0.1, 0.15) is 11.1 Å². The summed E-state index contributed by atoms with van der Waals surface area (Å²) in [6.07, 6.45) is 6.07. The van der Waals surface area contributed by atoms with E-state index in [0.29, 0.717) is 0 Å². The lowest BCUT2D eigenvalue weighted by Crippen LogP contribution is -2.23. The summed E-state index contributed by atoms with van der Waals surface area (Å²) in [7, 11) is 0. The molecule has 0 fully saturated rings. The summed E-state index contributed by atoms with van der Waals surface area (Å²) in [6.45, 7) is 2.19. The molecule has 1 N–H and O–H groups in total. The lowest BCUT2D eigenvalue weighted by atomic mass is 10.0. The zero-order valence-corrected chi connectivity index (χ0v) is 9.13. The fourth-order valence-electron chi connectivity index (χ4n) is 1.67. The van der Waals surface area contributed by atoms with Gasteiger partial charge in [-0.05, 0) is 30.2 Å². The Hall–Kier alpha value is -1.74. The Labute approximate surface area is 95.6 Å². The first-order chi connectivity index (χ1) is 7.97. The first-order valence-corrected chi connectivity index (χ1v) is 5.44. The monoisotopic (exact) mass is 213 g/mol. The average Bonchev–Trinajstić information content (AvgIpc) is 2.42. The first kappa shape index (κ1) is 10.8. The summed E-state index contributed by atoms with van der Waals surface area (Å²) in [4.78, 5) is 7.35. The van der Waals surface area contributed by atoms with Crippen LogP contribution in [0.4, 0.5) is 0 Å². The second-order valence-electron chi connectivity index (χ2n) is 3.60. The molecule has 82 valence electrons. The fraction of sp³-hybridized carbons (Fsp3) is 0.231. The highest BCUT2D eigenvalue weighted by atomic mass is 14.9. The Bertz CT molecular complexity index is 363. The van der Waals surface area contributed by atoms with E-state index in [0.717, 1.165) is 13.1 Å². The number of benzene rings is 1. The van der Waals surface area contributed by atoms with Gasteiger partial charge in [-0.25, -0.2) is 9.97 Å². The maximum absolute atomic E-state index is 3.67. The van der Waals surface area contributed by atoms with Crippen molar-refractivity contribution in [1.82, 2.24) is 15.3 Å². The standard InChI is InChI=1S/C9H11N.C4H4N2/c1-2-4-9-7-10-6-5-8(9)3-1;1-2-5-4-6-3-1/h1-4,10H,5-7H2;1-4H. The molecule has 0 atom stereocenters. The van der Waals surface area contributed by atoms with Gasteiger partial charge in [0.2, 0.25) is 0 Å². The molecule has 0 saturated carbocycles. The highest BCUT2D eigenvalue weighted by Crippen LogP contribution is 2.11. The first-order valence-electron chi connectivity index (χ1n) is 5.44. The van der Waals surface area contributed by atoms with Gasteiger partial charge in [-0.15, -0.1) is 0 Å². The van der Waals surface area contributed by atoms with E-state index in [1.165, 1.54) is 23.9 Å². The van der Waals surface area contributed by atoms with Crippen molar-refractivity contribution in [3.63, 3.8) is 0 Å². The van der Waals surface area contributed by atoms with Crippen LogP contribution in [0.25, 0.3) is 0 Å². The van der Waals surface area contributed by atoms with Crippen molar-refractivity contribution in [2.24, 2.45) is 0 Å². The van der Waals surface area contributed by atoms with E-state index in [9.17, 15) is 0 Å². The van der Waals surface area contributed by atoms with Crippen LogP contribution in [-0.4, -0.2) is 16.5 Å². The van der Waals surface area contributed by atoms with E-state index in [-0.39, 0.29) is 0 Å². The van der Waals surface area contributed by atoms with E-state index >= 15 is 0 Å². The largest absolute Gasteiger partial charge is 0.312 e. The summed E-state index contributed by atoms with van der Waals surface area (Å²) in [5.41, 5.74) is 2.98. The molecule has 0 aliphatic carbocycles. The maximum Gasteiger partial charge on any atom is 0.115 e. The van der Waals surface area contributed by atoms with Crippen LogP contribution in [0.5, 0.6) is 0 Å². The molecule has 2 heterocycles. The zero-order valence-electron chi connectivity index (χ0n) is 9.13. The van der Waals surface area contributed by atoms with Gasteiger partial charge in [0, 0.05) is 18.9 Å². The SMILES string of the molecule is c1ccc2c(c1)CCNC2.c1cncnc1. The molecule has 0 spiro atoms.